The summed E-state index contributed by atoms with van der Waals surface area (Å²) >= 11 is 1.37. The minimum atomic E-state index is -0.00713. The van der Waals surface area contributed by atoms with Gasteiger partial charge in [-0.25, -0.2) is 0 Å². The maximum atomic E-state index is 12.5. The average molecular weight is 502 g/mol. The van der Waals surface area contributed by atoms with Crippen molar-refractivity contribution in [3.8, 4) is 5.75 Å². The van der Waals surface area contributed by atoms with E-state index in [1.165, 1.54) is 23.9 Å². The summed E-state index contributed by atoms with van der Waals surface area (Å²) in [6.07, 6.45) is 4.90. The first kappa shape index (κ1) is 24.9. The third kappa shape index (κ3) is 5.87. The summed E-state index contributed by atoms with van der Waals surface area (Å²) in [6, 6.07) is 19.7. The lowest BCUT2D eigenvalue weighted by Crippen LogP contribution is -2.30. The Labute approximate surface area is 212 Å². The monoisotopic (exact) mass is 501 g/mol. The summed E-state index contributed by atoms with van der Waals surface area (Å²) in [6.45, 7) is 3.96. The number of carbonyl (C=O) groups is 1. The quantitative estimate of drug-likeness (QED) is 0.330. The molecule has 0 radical (unpaired) electrons. The molecule has 0 bridgehead atoms. The maximum Gasteiger partial charge on any atom is 0.243 e. The van der Waals surface area contributed by atoms with Crippen molar-refractivity contribution in [1.29, 1.82) is 0 Å². The molecule has 3 aromatic carbocycles. The number of anilines is 1. The lowest BCUT2D eigenvalue weighted by molar-refractivity contribution is -0.115. The Bertz CT molecular complexity index is 1350. The predicted molar refractivity (Wildman–Crippen MR) is 146 cm³/mol. The average Bonchev–Trinajstić information content (AvgIpc) is 3.24. The van der Waals surface area contributed by atoms with Crippen LogP contribution in [0.2, 0.25) is 0 Å². The molecule has 9 heteroatoms. The number of benzene rings is 3. The second kappa shape index (κ2) is 11.5. The van der Waals surface area contributed by atoms with E-state index in [0.717, 1.165) is 27.9 Å². The lowest BCUT2D eigenvalue weighted by Gasteiger charge is -2.20. The number of aryl methyl sites for hydroxylation is 2. The number of amides is 1. The van der Waals surface area contributed by atoms with Gasteiger partial charge in [-0.3, -0.25) is 19.6 Å². The van der Waals surface area contributed by atoms with Crippen molar-refractivity contribution in [2.75, 3.05) is 10.7 Å². The van der Waals surface area contributed by atoms with Crippen LogP contribution in [0.15, 0.2) is 88.0 Å². The molecule has 3 aromatic rings. The number of thioether (sulfide) groups is 1. The third-order valence-corrected chi connectivity index (χ3v) is 6.34. The number of hydrogen-bond donors (Lipinski definition) is 1. The van der Waals surface area contributed by atoms with Crippen LogP contribution >= 0.6 is 11.8 Å². The van der Waals surface area contributed by atoms with Gasteiger partial charge in [-0.05, 0) is 66.4 Å². The fourth-order valence-electron chi connectivity index (χ4n) is 3.60. The van der Waals surface area contributed by atoms with Crippen LogP contribution in [0, 0.1) is 13.8 Å². The fourth-order valence-corrected chi connectivity index (χ4v) is 4.41. The van der Waals surface area contributed by atoms with Gasteiger partial charge in [0.15, 0.2) is 10.9 Å². The van der Waals surface area contributed by atoms with Crippen molar-refractivity contribution in [2.45, 2.75) is 13.8 Å². The number of amidine groups is 1. The highest BCUT2D eigenvalue weighted by Crippen LogP contribution is 2.32. The van der Waals surface area contributed by atoms with Crippen molar-refractivity contribution in [1.82, 2.24) is 0 Å². The van der Waals surface area contributed by atoms with Crippen LogP contribution in [0.3, 0.4) is 0 Å². The Kier molecular flexibility index (Phi) is 7.92. The molecule has 7 nitrogen and oxygen atoms in total. The summed E-state index contributed by atoms with van der Waals surface area (Å²) in [4.78, 5) is 22.1. The van der Waals surface area contributed by atoms with Crippen LogP contribution in [-0.2, 0) is 4.79 Å². The molecule has 0 spiro atoms. The van der Waals surface area contributed by atoms with Crippen molar-refractivity contribution in [3.05, 3.63) is 95.1 Å². The number of rotatable bonds is 7. The minimum Gasteiger partial charge on any atom is -0.398 e. The van der Waals surface area contributed by atoms with E-state index in [0.29, 0.717) is 22.3 Å². The molecular weight excluding hydrogens is 477 g/mol. The molecule has 2 N–H and O–H groups in total. The first-order valence-electron chi connectivity index (χ1n) is 11.1. The molecule has 4 rings (SSSR count). The number of carbonyl (C=O) groups excluding carboxylic acids is 1. The molecule has 0 saturated carbocycles. The van der Waals surface area contributed by atoms with Crippen molar-refractivity contribution < 1.29 is 14.3 Å². The van der Waals surface area contributed by atoms with Gasteiger partial charge in [-0.15, -0.1) is 5.10 Å². The maximum absolute atomic E-state index is 12.5. The number of nitrogens with zero attached hydrogens (tertiary/aromatic N) is 4. The van der Waals surface area contributed by atoms with Gasteiger partial charge in [0, 0.05) is 16.4 Å². The molecule has 1 amide bonds. The van der Waals surface area contributed by atoms with Crippen LogP contribution in [-0.4, -0.2) is 29.3 Å². The van der Waals surface area contributed by atoms with Gasteiger partial charge >= 0.3 is 0 Å². The van der Waals surface area contributed by atoms with E-state index < -0.39 is 0 Å². The van der Waals surface area contributed by atoms with Crippen LogP contribution in [0.1, 0.15) is 22.3 Å². The van der Waals surface area contributed by atoms with E-state index in [2.05, 4.69) is 20.1 Å². The van der Waals surface area contributed by atoms with Gasteiger partial charge in [0.05, 0.1) is 23.3 Å². The first-order valence-corrected chi connectivity index (χ1v) is 12.1. The van der Waals surface area contributed by atoms with E-state index in [-0.39, 0.29) is 11.7 Å². The minimum absolute atomic E-state index is 0.00713. The molecule has 0 aliphatic carbocycles. The van der Waals surface area contributed by atoms with Gasteiger partial charge in [-0.2, -0.15) is 5.10 Å². The zero-order valence-electron chi connectivity index (χ0n) is 19.8. The van der Waals surface area contributed by atoms with Gasteiger partial charge < -0.3 is 5.73 Å². The van der Waals surface area contributed by atoms with E-state index in [1.807, 2.05) is 56.3 Å². The molecule has 1 saturated heterocycles. The third-order valence-electron chi connectivity index (χ3n) is 5.43. The van der Waals surface area contributed by atoms with Gasteiger partial charge in [0.25, 0.3) is 0 Å². The fraction of sp³-hybridized carbons (Fsp3) is 0.111. The zero-order chi connectivity index (χ0) is 25.5. The molecule has 0 atom stereocenters. The summed E-state index contributed by atoms with van der Waals surface area (Å²) < 4.78 is 12.1. The standard InChI is InChI=1S/C27H24FN5O2S/c1-18-4-3-5-19(2)26(18)33-25(34)17-36-27(33)32-31-16-20-6-8-21(9-7-20)24(29)14-15-30-22-10-12-23(35-28)13-11-22/h3-16H,17,29H2,1-2H3/b24-14-,30-15?,31-16+,32-27-. The van der Waals surface area contributed by atoms with Crippen LogP contribution in [0.4, 0.5) is 15.9 Å². The number of aliphatic imine (C=N–C) groups is 1. The molecule has 36 heavy (non-hydrogen) atoms. The number of para-hydroxylation sites is 1. The predicted octanol–water partition coefficient (Wildman–Crippen LogP) is 5.74. The number of halogens is 1. The van der Waals surface area contributed by atoms with Crippen LogP contribution in [0.5, 0.6) is 5.75 Å². The van der Waals surface area contributed by atoms with E-state index in [4.69, 9.17) is 5.73 Å². The number of nitrogens with two attached hydrogens (primary N) is 1. The second-order valence-corrected chi connectivity index (χ2v) is 8.92. The Balaban J connectivity index is 1.43. The lowest BCUT2D eigenvalue weighted by atomic mass is 10.1. The van der Waals surface area contributed by atoms with Gasteiger partial charge in [0.1, 0.15) is 0 Å². The Morgan fingerprint density at radius 3 is 2.42 bits per heavy atom. The highest BCUT2D eigenvalue weighted by molar-refractivity contribution is 8.15. The molecule has 1 fully saturated rings. The molecular formula is C27H24FN5O2S. The van der Waals surface area contributed by atoms with Gasteiger partial charge in [0.2, 0.25) is 5.91 Å². The summed E-state index contributed by atoms with van der Waals surface area (Å²) in [5.74, 6) is 0.448. The normalized spacial score (nSPS) is 15.5. The molecule has 182 valence electrons. The summed E-state index contributed by atoms with van der Waals surface area (Å²) in [7, 11) is 0. The second-order valence-electron chi connectivity index (χ2n) is 7.98. The smallest absolute Gasteiger partial charge is 0.243 e. The summed E-state index contributed by atoms with van der Waals surface area (Å²) in [5, 5.41) is 9.09. The van der Waals surface area contributed by atoms with Crippen LogP contribution < -0.4 is 15.6 Å². The SMILES string of the molecule is Cc1cccc(C)c1N1C(=O)CS/C1=N\N=C\c1ccc(/C(N)=C/C=Nc2ccc(OF)cc2)cc1. The summed E-state index contributed by atoms with van der Waals surface area (Å²) in [5.41, 5.74) is 11.9. The van der Waals surface area contributed by atoms with Crippen molar-refractivity contribution in [3.63, 3.8) is 0 Å². The van der Waals surface area contributed by atoms with E-state index in [9.17, 15) is 9.32 Å². The molecule has 0 aromatic heterocycles. The topological polar surface area (TPSA) is 92.6 Å². The van der Waals surface area contributed by atoms with E-state index >= 15 is 0 Å². The number of hydrogen-bond acceptors (Lipinski definition) is 7. The molecule has 0 unspecified atom stereocenters. The van der Waals surface area contributed by atoms with Gasteiger partial charge in [-0.1, -0.05) is 54.2 Å². The molecule has 1 aliphatic rings. The zero-order valence-corrected chi connectivity index (χ0v) is 20.6. The molecule has 1 aliphatic heterocycles. The van der Waals surface area contributed by atoms with Crippen molar-refractivity contribution >= 4 is 52.3 Å². The van der Waals surface area contributed by atoms with Crippen molar-refractivity contribution in [2.24, 2.45) is 20.9 Å². The largest absolute Gasteiger partial charge is 0.398 e. The first-order chi connectivity index (χ1) is 17.5. The van der Waals surface area contributed by atoms with Crippen LogP contribution in [0.25, 0.3) is 5.70 Å². The highest BCUT2D eigenvalue weighted by atomic mass is 32.2. The number of allylic oxidation sites excluding steroid dienone is 1. The Morgan fingerprint density at radius 2 is 1.75 bits per heavy atom. The highest BCUT2D eigenvalue weighted by Gasteiger charge is 2.31. The Morgan fingerprint density at radius 1 is 1.06 bits per heavy atom. The Hall–Kier alpha value is -4.24. The van der Waals surface area contributed by atoms with E-state index in [1.54, 1.807) is 35.5 Å². The molecule has 1 heterocycles.